The van der Waals surface area contributed by atoms with Crippen molar-refractivity contribution in [1.82, 2.24) is 5.48 Å². The largest absolute Gasteiger partial charge is 0.389 e. The first-order chi connectivity index (χ1) is 4.31. The molecule has 0 amide bonds. The highest BCUT2D eigenvalue weighted by molar-refractivity contribution is 4.51. The summed E-state index contributed by atoms with van der Waals surface area (Å²) in [4.78, 5) is 4.49. The minimum atomic E-state index is -0.491. The minimum absolute atomic E-state index is 0.330. The zero-order valence-corrected chi connectivity index (χ0v) is 5.76. The maximum atomic E-state index is 8.91. The molecule has 0 unspecified atom stereocenters. The van der Waals surface area contributed by atoms with Crippen molar-refractivity contribution in [3.8, 4) is 0 Å². The van der Waals surface area contributed by atoms with Crippen LogP contribution in [0.1, 0.15) is 0 Å². The molecule has 0 fully saturated rings. The van der Waals surface area contributed by atoms with Gasteiger partial charge < -0.3 is 14.7 Å². The summed E-state index contributed by atoms with van der Waals surface area (Å²) in [5.41, 5.74) is 2.50. The number of aliphatic hydroxyl groups excluding tert-OH is 1. The third kappa shape index (κ3) is 5.72. The van der Waals surface area contributed by atoms with E-state index in [1.54, 1.807) is 0 Å². The van der Waals surface area contributed by atoms with Crippen LogP contribution in [0.2, 0.25) is 0 Å². The van der Waals surface area contributed by atoms with E-state index in [2.05, 4.69) is 15.1 Å². The molecule has 0 bridgehead atoms. The van der Waals surface area contributed by atoms with Crippen LogP contribution in [-0.2, 0) is 9.57 Å². The Morgan fingerprint density at radius 1 is 1.56 bits per heavy atom. The molecule has 0 saturated carbocycles. The van der Waals surface area contributed by atoms with Gasteiger partial charge in [0.2, 0.25) is 0 Å². The number of nitrogens with one attached hydrogen (secondary N) is 1. The van der Waals surface area contributed by atoms with Crippen LogP contribution in [0.5, 0.6) is 0 Å². The fourth-order valence-electron chi connectivity index (χ4n) is 0.431. The van der Waals surface area contributed by atoms with E-state index in [-0.39, 0.29) is 0 Å². The molecule has 0 radical (unpaired) electrons. The van der Waals surface area contributed by atoms with E-state index < -0.39 is 6.10 Å². The number of aliphatic hydroxyl groups is 1. The first-order valence-electron chi connectivity index (χ1n) is 2.74. The Morgan fingerprint density at radius 2 is 2.22 bits per heavy atom. The topological polar surface area (TPSA) is 50.7 Å². The molecule has 0 aliphatic heterocycles. The van der Waals surface area contributed by atoms with E-state index >= 15 is 0 Å². The van der Waals surface area contributed by atoms with Crippen LogP contribution >= 0.6 is 0 Å². The molecule has 0 rings (SSSR count). The van der Waals surface area contributed by atoms with Crippen molar-refractivity contribution in [2.75, 3.05) is 27.4 Å². The summed E-state index contributed by atoms with van der Waals surface area (Å²) in [6.07, 6.45) is -0.491. The van der Waals surface area contributed by atoms with Gasteiger partial charge in [-0.1, -0.05) is 0 Å². The summed E-state index contributed by atoms with van der Waals surface area (Å²) < 4.78 is 4.66. The second-order valence-corrected chi connectivity index (χ2v) is 1.66. The van der Waals surface area contributed by atoms with E-state index in [1.165, 1.54) is 14.2 Å². The van der Waals surface area contributed by atoms with Gasteiger partial charge in [-0.25, -0.2) is 5.48 Å². The quantitative estimate of drug-likeness (QED) is 0.482. The van der Waals surface area contributed by atoms with Gasteiger partial charge in [-0.05, 0) is 0 Å². The number of methoxy groups -OCH3 is 1. The van der Waals surface area contributed by atoms with Gasteiger partial charge in [0.15, 0.2) is 0 Å². The van der Waals surface area contributed by atoms with Crippen molar-refractivity contribution in [3.05, 3.63) is 0 Å². The van der Waals surface area contributed by atoms with Crippen LogP contribution in [0.25, 0.3) is 0 Å². The van der Waals surface area contributed by atoms with Crippen molar-refractivity contribution < 1.29 is 14.7 Å². The molecule has 56 valence electrons. The number of hydrogen-bond donors (Lipinski definition) is 2. The Labute approximate surface area is 54.7 Å². The van der Waals surface area contributed by atoms with E-state index in [0.29, 0.717) is 13.2 Å². The van der Waals surface area contributed by atoms with Crippen molar-refractivity contribution in [1.29, 1.82) is 0 Å². The fourth-order valence-corrected chi connectivity index (χ4v) is 0.431. The van der Waals surface area contributed by atoms with E-state index in [0.717, 1.165) is 0 Å². The van der Waals surface area contributed by atoms with Crippen molar-refractivity contribution in [2.24, 2.45) is 0 Å². The molecular weight excluding hydrogens is 122 g/mol. The summed E-state index contributed by atoms with van der Waals surface area (Å²) >= 11 is 0. The van der Waals surface area contributed by atoms with Crippen LogP contribution in [-0.4, -0.2) is 38.6 Å². The lowest BCUT2D eigenvalue weighted by Crippen LogP contribution is -2.29. The molecule has 9 heavy (non-hydrogen) atoms. The lowest BCUT2D eigenvalue weighted by molar-refractivity contribution is 0.0157. The van der Waals surface area contributed by atoms with Gasteiger partial charge in [-0.2, -0.15) is 0 Å². The zero-order valence-electron chi connectivity index (χ0n) is 5.76. The fraction of sp³-hybridized carbons (Fsp3) is 1.00. The van der Waals surface area contributed by atoms with Crippen LogP contribution in [0.15, 0.2) is 0 Å². The third-order valence-electron chi connectivity index (χ3n) is 0.822. The van der Waals surface area contributed by atoms with E-state index in [4.69, 9.17) is 5.11 Å². The van der Waals surface area contributed by atoms with Gasteiger partial charge in [-0.15, -0.1) is 0 Å². The summed E-state index contributed by atoms with van der Waals surface area (Å²) in [5.74, 6) is 0. The van der Waals surface area contributed by atoms with Crippen LogP contribution in [0.3, 0.4) is 0 Å². The molecule has 0 aromatic carbocycles. The SMILES string of the molecule is COC[C@@H](O)CNOC. The van der Waals surface area contributed by atoms with Crippen molar-refractivity contribution in [2.45, 2.75) is 6.10 Å². The molecule has 0 spiro atoms. The Morgan fingerprint density at radius 3 is 2.67 bits per heavy atom. The summed E-state index contributed by atoms with van der Waals surface area (Å²) in [5, 5.41) is 8.91. The van der Waals surface area contributed by atoms with Gasteiger partial charge in [0.1, 0.15) is 0 Å². The van der Waals surface area contributed by atoms with Gasteiger partial charge in [0, 0.05) is 13.7 Å². The molecule has 0 aromatic rings. The molecule has 0 aliphatic rings. The maximum absolute atomic E-state index is 8.91. The second-order valence-electron chi connectivity index (χ2n) is 1.66. The third-order valence-corrected chi connectivity index (χ3v) is 0.822. The molecule has 4 nitrogen and oxygen atoms in total. The first kappa shape index (κ1) is 8.84. The standard InChI is InChI=1S/C5H13NO3/c1-8-4-5(7)3-6-9-2/h5-7H,3-4H2,1-2H3/t5-/m0/s1. The zero-order chi connectivity index (χ0) is 7.11. The molecule has 0 aliphatic carbocycles. The Balaban J connectivity index is 2.95. The average Bonchev–Trinajstić information content (AvgIpc) is 1.85. The molecular formula is C5H13NO3. The van der Waals surface area contributed by atoms with Crippen LogP contribution < -0.4 is 5.48 Å². The highest BCUT2D eigenvalue weighted by Gasteiger charge is 1.99. The molecule has 0 saturated heterocycles. The number of hydrogen-bond acceptors (Lipinski definition) is 4. The number of hydroxylamine groups is 1. The lowest BCUT2D eigenvalue weighted by atomic mass is 10.4. The highest BCUT2D eigenvalue weighted by atomic mass is 16.6. The van der Waals surface area contributed by atoms with E-state index in [9.17, 15) is 0 Å². The maximum Gasteiger partial charge on any atom is 0.0920 e. The molecule has 1 atom stereocenters. The van der Waals surface area contributed by atoms with Gasteiger partial charge >= 0.3 is 0 Å². The lowest BCUT2D eigenvalue weighted by Gasteiger charge is -2.07. The molecule has 4 heteroatoms. The summed E-state index contributed by atoms with van der Waals surface area (Å²) in [6.45, 7) is 0.723. The smallest absolute Gasteiger partial charge is 0.0920 e. The normalized spacial score (nSPS) is 13.7. The summed E-state index contributed by atoms with van der Waals surface area (Å²) in [7, 11) is 3.04. The Bertz CT molecular complexity index is 60.2. The van der Waals surface area contributed by atoms with Crippen molar-refractivity contribution in [3.63, 3.8) is 0 Å². The second kappa shape index (κ2) is 5.97. The van der Waals surface area contributed by atoms with Crippen LogP contribution in [0, 0.1) is 0 Å². The van der Waals surface area contributed by atoms with Gasteiger partial charge in [-0.3, -0.25) is 0 Å². The highest BCUT2D eigenvalue weighted by Crippen LogP contribution is 1.79. The number of rotatable bonds is 5. The first-order valence-corrected chi connectivity index (χ1v) is 2.74. The monoisotopic (exact) mass is 135 g/mol. The predicted octanol–water partition coefficient (Wildman–Crippen LogP) is -0.855. The van der Waals surface area contributed by atoms with Gasteiger partial charge in [0.05, 0.1) is 19.8 Å². The Hall–Kier alpha value is -0.160. The van der Waals surface area contributed by atoms with Crippen molar-refractivity contribution >= 4 is 0 Å². The average molecular weight is 135 g/mol. The minimum Gasteiger partial charge on any atom is -0.389 e. The molecule has 0 aromatic heterocycles. The number of ether oxygens (including phenoxy) is 1. The molecule has 0 heterocycles. The van der Waals surface area contributed by atoms with Gasteiger partial charge in [0.25, 0.3) is 0 Å². The summed E-state index contributed by atoms with van der Waals surface area (Å²) in [6, 6.07) is 0. The van der Waals surface area contributed by atoms with Crippen LogP contribution in [0.4, 0.5) is 0 Å². The van der Waals surface area contributed by atoms with E-state index in [1.807, 2.05) is 0 Å². The Kier molecular flexibility index (Phi) is 5.86. The molecule has 2 N–H and O–H groups in total. The predicted molar refractivity (Wildman–Crippen MR) is 32.9 cm³/mol.